The molecule has 0 aliphatic carbocycles. The predicted molar refractivity (Wildman–Crippen MR) is 124 cm³/mol. The van der Waals surface area contributed by atoms with Crippen LogP contribution in [0.25, 0.3) is 16.9 Å². The standard InChI is InChI=1S/C22H19ClN6O2.ClH/c1-14(15-7-9-24-10-8-15)26-21(30)19-11-20(16-3-5-17(23)6-4-16)27-29(22(19)31)18-12-25-28(2)13-18;/h3-14H,1-2H3,(H,26,30);1H. The van der Waals surface area contributed by atoms with Crippen molar-refractivity contribution in [3.05, 3.63) is 93.8 Å². The monoisotopic (exact) mass is 470 g/mol. The van der Waals surface area contributed by atoms with Gasteiger partial charge in [0, 0.05) is 30.0 Å². The van der Waals surface area contributed by atoms with Gasteiger partial charge in [-0.2, -0.15) is 14.9 Å². The van der Waals surface area contributed by atoms with E-state index in [0.717, 1.165) is 11.1 Å². The van der Waals surface area contributed by atoms with E-state index in [4.69, 9.17) is 11.6 Å². The SMILES string of the molecule is CC(NC(=O)c1cc(-c2ccc(Cl)cc2)nn(-c2cnn(C)c2)c1=O)c1ccncc1.Cl. The molecule has 0 aliphatic rings. The van der Waals surface area contributed by atoms with E-state index >= 15 is 0 Å². The molecule has 4 aromatic rings. The number of nitrogens with one attached hydrogen (secondary N) is 1. The molecule has 0 aliphatic heterocycles. The Kier molecular flexibility index (Phi) is 7.07. The van der Waals surface area contributed by atoms with E-state index in [1.54, 1.807) is 54.6 Å². The number of nitrogens with zero attached hydrogens (tertiary/aromatic N) is 5. The smallest absolute Gasteiger partial charge is 0.284 e. The third kappa shape index (κ3) is 4.87. The molecule has 0 radical (unpaired) electrons. The number of pyridine rings is 1. The minimum Gasteiger partial charge on any atom is -0.345 e. The lowest BCUT2D eigenvalue weighted by Crippen LogP contribution is -2.35. The Morgan fingerprint density at radius 2 is 1.81 bits per heavy atom. The van der Waals surface area contributed by atoms with E-state index < -0.39 is 11.5 Å². The number of benzene rings is 1. The first-order chi connectivity index (χ1) is 14.9. The third-order valence-corrected chi connectivity index (χ3v) is 5.04. The summed E-state index contributed by atoms with van der Waals surface area (Å²) >= 11 is 6.00. The average molecular weight is 471 g/mol. The first kappa shape index (κ1) is 23.2. The van der Waals surface area contributed by atoms with Crippen molar-refractivity contribution in [2.24, 2.45) is 7.05 Å². The Balaban J connectivity index is 0.00000289. The van der Waals surface area contributed by atoms with E-state index in [1.807, 2.05) is 19.1 Å². The van der Waals surface area contributed by atoms with Gasteiger partial charge in [-0.3, -0.25) is 19.3 Å². The van der Waals surface area contributed by atoms with Crippen LogP contribution in [0, 0.1) is 0 Å². The second-order valence-electron chi connectivity index (χ2n) is 7.02. The van der Waals surface area contributed by atoms with Crippen molar-refractivity contribution in [3.63, 3.8) is 0 Å². The first-order valence-corrected chi connectivity index (χ1v) is 9.90. The van der Waals surface area contributed by atoms with Crippen molar-refractivity contribution in [3.8, 4) is 16.9 Å². The summed E-state index contributed by atoms with van der Waals surface area (Å²) in [7, 11) is 1.74. The molecule has 1 amide bonds. The van der Waals surface area contributed by atoms with Gasteiger partial charge in [-0.15, -0.1) is 12.4 Å². The van der Waals surface area contributed by atoms with Gasteiger partial charge < -0.3 is 5.32 Å². The molecule has 1 atom stereocenters. The van der Waals surface area contributed by atoms with Gasteiger partial charge in [0.15, 0.2) is 0 Å². The molecule has 164 valence electrons. The number of hydrogen-bond acceptors (Lipinski definition) is 5. The molecule has 0 spiro atoms. The molecule has 4 rings (SSSR count). The van der Waals surface area contributed by atoms with Crippen LogP contribution in [-0.2, 0) is 7.05 Å². The van der Waals surface area contributed by atoms with Crippen LogP contribution in [0.1, 0.15) is 28.9 Å². The summed E-state index contributed by atoms with van der Waals surface area (Å²) in [4.78, 5) is 30.2. The third-order valence-electron chi connectivity index (χ3n) is 4.79. The van der Waals surface area contributed by atoms with Crippen LogP contribution in [0.3, 0.4) is 0 Å². The van der Waals surface area contributed by atoms with Crippen molar-refractivity contribution in [2.75, 3.05) is 0 Å². The average Bonchev–Trinajstić information content (AvgIpc) is 3.21. The van der Waals surface area contributed by atoms with E-state index in [-0.39, 0.29) is 24.0 Å². The maximum absolute atomic E-state index is 13.1. The van der Waals surface area contributed by atoms with Gasteiger partial charge in [0.25, 0.3) is 11.5 Å². The van der Waals surface area contributed by atoms with E-state index in [1.165, 1.54) is 16.9 Å². The van der Waals surface area contributed by atoms with Gasteiger partial charge in [-0.05, 0) is 42.8 Å². The lowest BCUT2D eigenvalue weighted by Gasteiger charge is -2.15. The van der Waals surface area contributed by atoms with Crippen LogP contribution in [0.15, 0.2) is 72.0 Å². The number of amides is 1. The van der Waals surface area contributed by atoms with Gasteiger partial charge in [-0.25, -0.2) is 0 Å². The number of carbonyl (C=O) groups is 1. The van der Waals surface area contributed by atoms with E-state index in [2.05, 4.69) is 20.5 Å². The van der Waals surface area contributed by atoms with Gasteiger partial charge in [0.1, 0.15) is 11.3 Å². The highest BCUT2D eigenvalue weighted by atomic mass is 35.5. The predicted octanol–water partition coefficient (Wildman–Crippen LogP) is 3.59. The molecular formula is C22H20Cl2N6O2. The van der Waals surface area contributed by atoms with Gasteiger partial charge in [0.2, 0.25) is 0 Å². The molecule has 0 bridgehead atoms. The molecule has 0 fully saturated rings. The fourth-order valence-electron chi connectivity index (χ4n) is 3.12. The summed E-state index contributed by atoms with van der Waals surface area (Å²) in [6.45, 7) is 1.84. The molecule has 3 aromatic heterocycles. The minimum absolute atomic E-state index is 0. The minimum atomic E-state index is -0.537. The number of halogens is 2. The lowest BCUT2D eigenvalue weighted by atomic mass is 10.1. The topological polar surface area (TPSA) is 94.7 Å². The summed E-state index contributed by atoms with van der Waals surface area (Å²) in [5, 5.41) is 12.0. The number of hydrogen-bond donors (Lipinski definition) is 1. The number of aryl methyl sites for hydroxylation is 1. The fourth-order valence-corrected chi connectivity index (χ4v) is 3.25. The first-order valence-electron chi connectivity index (χ1n) is 9.52. The molecule has 1 aromatic carbocycles. The molecule has 1 N–H and O–H groups in total. The Morgan fingerprint density at radius 1 is 1.12 bits per heavy atom. The molecule has 0 saturated carbocycles. The zero-order valence-corrected chi connectivity index (χ0v) is 18.8. The summed E-state index contributed by atoms with van der Waals surface area (Å²) in [5.41, 5.74) is 1.96. The maximum Gasteiger partial charge on any atom is 0.284 e. The second-order valence-corrected chi connectivity index (χ2v) is 7.45. The molecule has 32 heavy (non-hydrogen) atoms. The Hall–Kier alpha value is -3.49. The fraction of sp³-hybridized carbons (Fsp3) is 0.136. The van der Waals surface area contributed by atoms with Crippen molar-refractivity contribution in [1.29, 1.82) is 0 Å². The molecule has 3 heterocycles. The second kappa shape index (κ2) is 9.76. The highest BCUT2D eigenvalue weighted by Gasteiger charge is 2.20. The van der Waals surface area contributed by atoms with Crippen LogP contribution in [0.2, 0.25) is 5.02 Å². The normalized spacial score (nSPS) is 11.5. The maximum atomic E-state index is 13.1. The largest absolute Gasteiger partial charge is 0.345 e. The molecule has 8 nitrogen and oxygen atoms in total. The highest BCUT2D eigenvalue weighted by molar-refractivity contribution is 6.30. The van der Waals surface area contributed by atoms with Crippen molar-refractivity contribution in [2.45, 2.75) is 13.0 Å². The van der Waals surface area contributed by atoms with Gasteiger partial charge >= 0.3 is 0 Å². The lowest BCUT2D eigenvalue weighted by molar-refractivity contribution is 0.0937. The summed E-state index contributed by atoms with van der Waals surface area (Å²) in [5.74, 6) is -0.496. The highest BCUT2D eigenvalue weighted by Crippen LogP contribution is 2.21. The zero-order valence-electron chi connectivity index (χ0n) is 17.3. The summed E-state index contributed by atoms with van der Waals surface area (Å²) in [6, 6.07) is 11.8. The molecule has 0 saturated heterocycles. The van der Waals surface area contributed by atoms with Crippen LogP contribution >= 0.6 is 24.0 Å². The van der Waals surface area contributed by atoms with Crippen LogP contribution in [-0.4, -0.2) is 30.5 Å². The van der Waals surface area contributed by atoms with Crippen molar-refractivity contribution >= 4 is 29.9 Å². The van der Waals surface area contributed by atoms with E-state index in [9.17, 15) is 9.59 Å². The Labute approximate surface area is 195 Å². The van der Waals surface area contributed by atoms with Gasteiger partial charge in [-0.1, -0.05) is 23.7 Å². The van der Waals surface area contributed by atoms with Crippen molar-refractivity contribution in [1.82, 2.24) is 29.9 Å². The van der Waals surface area contributed by atoms with Crippen LogP contribution < -0.4 is 10.9 Å². The van der Waals surface area contributed by atoms with Crippen molar-refractivity contribution < 1.29 is 4.79 Å². The molecule has 10 heteroatoms. The number of aromatic nitrogens is 5. The summed E-state index contributed by atoms with van der Waals surface area (Å²) in [6.07, 6.45) is 6.47. The van der Waals surface area contributed by atoms with Crippen LogP contribution in [0.4, 0.5) is 0 Å². The number of rotatable bonds is 5. The zero-order chi connectivity index (χ0) is 22.0. The van der Waals surface area contributed by atoms with E-state index in [0.29, 0.717) is 16.4 Å². The quantitative estimate of drug-likeness (QED) is 0.480. The van der Waals surface area contributed by atoms with Gasteiger partial charge in [0.05, 0.1) is 24.1 Å². The molecular weight excluding hydrogens is 451 g/mol. The van der Waals surface area contributed by atoms with Crippen LogP contribution in [0.5, 0.6) is 0 Å². The Bertz CT molecular complexity index is 1290. The molecule has 1 unspecified atom stereocenters. The number of carbonyl (C=O) groups excluding carboxylic acids is 1. The summed E-state index contributed by atoms with van der Waals surface area (Å²) < 4.78 is 2.74. The Morgan fingerprint density at radius 3 is 2.44 bits per heavy atom.